The number of thioether (sulfide) groups is 1. The van der Waals surface area contributed by atoms with Crippen LogP contribution in [0.1, 0.15) is 12.0 Å². The average molecular weight is 364 g/mol. The van der Waals surface area contributed by atoms with Crippen molar-refractivity contribution in [2.24, 2.45) is 0 Å². The van der Waals surface area contributed by atoms with Crippen molar-refractivity contribution in [1.29, 1.82) is 0 Å². The normalized spacial score (nSPS) is 11.4. The third-order valence-corrected chi connectivity index (χ3v) is 5.69. The number of amides is 1. The highest BCUT2D eigenvalue weighted by Crippen LogP contribution is 2.17. The zero-order valence-electron chi connectivity index (χ0n) is 13.4. The maximum Gasteiger partial charge on any atom is 0.303 e. The number of nitrogens with one attached hydrogen (secondary N) is 1. The van der Waals surface area contributed by atoms with Crippen LogP contribution < -0.4 is 4.72 Å². The maximum absolute atomic E-state index is 12.2. The number of nitrogens with zero attached hydrogens (tertiary/aromatic N) is 1. The molecule has 0 unspecified atom stereocenters. The first-order valence-electron chi connectivity index (χ1n) is 7.46. The number of carbonyl (C=O) groups is 1. The Hall–Kier alpha value is -1.83. The van der Waals surface area contributed by atoms with Crippen molar-refractivity contribution in [3.63, 3.8) is 0 Å². The molecule has 0 radical (unpaired) electrons. The average Bonchev–Trinajstić information content (AvgIpc) is 2.56. The van der Waals surface area contributed by atoms with Gasteiger partial charge in [-0.05, 0) is 17.7 Å². The molecular weight excluding hydrogens is 344 g/mol. The lowest BCUT2D eigenvalue weighted by molar-refractivity contribution is -0.119. The first-order valence-corrected chi connectivity index (χ1v) is 9.88. The topological polar surface area (TPSA) is 66.5 Å². The number of hydrogen-bond acceptors (Lipinski definition) is 4. The summed E-state index contributed by atoms with van der Waals surface area (Å²) < 4.78 is 27.6. The van der Waals surface area contributed by atoms with Crippen molar-refractivity contribution >= 4 is 27.9 Å². The van der Waals surface area contributed by atoms with E-state index in [1.165, 1.54) is 18.8 Å². The minimum Gasteiger partial charge on any atom is -0.274 e. The summed E-state index contributed by atoms with van der Waals surface area (Å²) in [4.78, 5) is 12.9. The summed E-state index contributed by atoms with van der Waals surface area (Å²) in [5.74, 6) is 0.0201. The molecular formula is C17H20N2O3S2. The summed E-state index contributed by atoms with van der Waals surface area (Å²) in [7, 11) is -2.38. The second-order valence-electron chi connectivity index (χ2n) is 5.18. The smallest absolute Gasteiger partial charge is 0.274 e. The number of rotatable bonds is 8. The second kappa shape index (κ2) is 8.86. The van der Waals surface area contributed by atoms with Crippen LogP contribution in [0.25, 0.3) is 0 Å². The Labute approximate surface area is 147 Å². The Morgan fingerprint density at radius 3 is 2.25 bits per heavy atom. The van der Waals surface area contributed by atoms with Crippen LogP contribution in [-0.2, 0) is 21.5 Å². The summed E-state index contributed by atoms with van der Waals surface area (Å²) in [5.41, 5.74) is 0.859. The van der Waals surface area contributed by atoms with E-state index in [0.717, 1.165) is 14.8 Å². The summed E-state index contributed by atoms with van der Waals surface area (Å²) in [5, 5.41) is 0. The maximum atomic E-state index is 12.2. The van der Waals surface area contributed by atoms with E-state index < -0.39 is 16.1 Å². The van der Waals surface area contributed by atoms with E-state index in [1.54, 1.807) is 0 Å². The molecule has 7 heteroatoms. The third kappa shape index (κ3) is 5.99. The van der Waals surface area contributed by atoms with E-state index >= 15 is 0 Å². The van der Waals surface area contributed by atoms with Crippen LogP contribution >= 0.6 is 11.8 Å². The highest BCUT2D eigenvalue weighted by Gasteiger charge is 2.20. The molecule has 0 aliphatic carbocycles. The van der Waals surface area contributed by atoms with Crippen LogP contribution in [0.2, 0.25) is 0 Å². The second-order valence-corrected chi connectivity index (χ2v) is 8.13. The van der Waals surface area contributed by atoms with Crippen LogP contribution in [0.15, 0.2) is 65.6 Å². The first kappa shape index (κ1) is 18.5. The largest absolute Gasteiger partial charge is 0.303 e. The fourth-order valence-electron chi connectivity index (χ4n) is 1.98. The van der Waals surface area contributed by atoms with Gasteiger partial charge in [0.05, 0.1) is 0 Å². The van der Waals surface area contributed by atoms with Gasteiger partial charge in [0.25, 0.3) is 0 Å². The van der Waals surface area contributed by atoms with Gasteiger partial charge in [-0.25, -0.2) is 4.72 Å². The lowest BCUT2D eigenvalue weighted by Gasteiger charge is -2.17. The summed E-state index contributed by atoms with van der Waals surface area (Å²) >= 11 is 1.52. The van der Waals surface area contributed by atoms with Gasteiger partial charge in [-0.15, -0.1) is 11.8 Å². The highest BCUT2D eigenvalue weighted by atomic mass is 32.2. The molecule has 0 aliphatic rings. The molecule has 2 aromatic carbocycles. The Morgan fingerprint density at radius 1 is 1.04 bits per heavy atom. The molecule has 0 bridgehead atoms. The molecule has 5 nitrogen and oxygen atoms in total. The van der Waals surface area contributed by atoms with Crippen LogP contribution in [0, 0.1) is 0 Å². The molecule has 128 valence electrons. The molecule has 0 aromatic heterocycles. The summed E-state index contributed by atoms with van der Waals surface area (Å²) in [6.45, 7) is 0.211. The summed E-state index contributed by atoms with van der Waals surface area (Å²) in [6, 6.07) is 18.9. The lowest BCUT2D eigenvalue weighted by Crippen LogP contribution is -2.41. The van der Waals surface area contributed by atoms with Crippen LogP contribution in [0.3, 0.4) is 0 Å². The SMILES string of the molecule is CN(Cc1ccccc1)S(=O)(=O)NC(=O)CCSc1ccccc1. The first-order chi connectivity index (χ1) is 11.5. The predicted molar refractivity (Wildman–Crippen MR) is 96.8 cm³/mol. The highest BCUT2D eigenvalue weighted by molar-refractivity contribution is 7.99. The molecule has 0 aliphatic heterocycles. The number of carbonyl (C=O) groups excluding carboxylic acids is 1. The van der Waals surface area contributed by atoms with Gasteiger partial charge in [-0.2, -0.15) is 12.7 Å². The predicted octanol–water partition coefficient (Wildman–Crippen LogP) is 2.66. The minimum atomic E-state index is -3.83. The molecule has 0 spiro atoms. The molecule has 0 atom stereocenters. The monoisotopic (exact) mass is 364 g/mol. The molecule has 1 amide bonds. The van der Waals surface area contributed by atoms with Gasteiger partial charge in [0.15, 0.2) is 0 Å². The molecule has 0 saturated heterocycles. The van der Waals surface area contributed by atoms with Crippen LogP contribution in [0.4, 0.5) is 0 Å². The zero-order valence-corrected chi connectivity index (χ0v) is 15.0. The Morgan fingerprint density at radius 2 is 1.62 bits per heavy atom. The van der Waals surface area contributed by atoms with Crippen molar-refractivity contribution in [1.82, 2.24) is 9.03 Å². The molecule has 1 N–H and O–H groups in total. The standard InChI is InChI=1S/C17H20N2O3S2/c1-19(14-15-8-4-2-5-9-15)24(21,22)18-17(20)12-13-23-16-10-6-3-7-11-16/h2-11H,12-14H2,1H3,(H,18,20). The van der Waals surface area contributed by atoms with E-state index in [-0.39, 0.29) is 13.0 Å². The fraction of sp³-hybridized carbons (Fsp3) is 0.235. The zero-order chi connectivity index (χ0) is 17.4. The van der Waals surface area contributed by atoms with Gasteiger partial charge in [-0.1, -0.05) is 48.5 Å². The van der Waals surface area contributed by atoms with E-state index in [4.69, 9.17) is 0 Å². The van der Waals surface area contributed by atoms with Crippen molar-refractivity contribution in [3.05, 3.63) is 66.2 Å². The van der Waals surface area contributed by atoms with Gasteiger partial charge >= 0.3 is 10.2 Å². The van der Waals surface area contributed by atoms with Gasteiger partial charge in [-0.3, -0.25) is 4.79 Å². The van der Waals surface area contributed by atoms with Gasteiger partial charge < -0.3 is 0 Å². The fourth-order valence-corrected chi connectivity index (χ4v) is 3.71. The molecule has 2 aromatic rings. The molecule has 0 heterocycles. The summed E-state index contributed by atoms with van der Waals surface area (Å²) in [6.07, 6.45) is 0.137. The number of benzene rings is 2. The van der Waals surface area contributed by atoms with Crippen LogP contribution in [0.5, 0.6) is 0 Å². The van der Waals surface area contributed by atoms with Gasteiger partial charge in [0.2, 0.25) is 5.91 Å². The minimum absolute atomic E-state index is 0.137. The van der Waals surface area contributed by atoms with E-state index in [9.17, 15) is 13.2 Å². The Balaban J connectivity index is 1.81. The van der Waals surface area contributed by atoms with E-state index in [1.807, 2.05) is 60.7 Å². The quantitative estimate of drug-likeness (QED) is 0.732. The molecule has 0 saturated carbocycles. The lowest BCUT2D eigenvalue weighted by atomic mass is 10.2. The van der Waals surface area contributed by atoms with E-state index in [2.05, 4.69) is 4.72 Å². The van der Waals surface area contributed by atoms with Crippen molar-refractivity contribution in [2.45, 2.75) is 17.9 Å². The van der Waals surface area contributed by atoms with E-state index in [0.29, 0.717) is 5.75 Å². The van der Waals surface area contributed by atoms with Crippen molar-refractivity contribution in [3.8, 4) is 0 Å². The van der Waals surface area contributed by atoms with Crippen molar-refractivity contribution in [2.75, 3.05) is 12.8 Å². The van der Waals surface area contributed by atoms with Crippen molar-refractivity contribution < 1.29 is 13.2 Å². The Bertz CT molecular complexity index is 750. The number of hydrogen-bond donors (Lipinski definition) is 1. The Kier molecular flexibility index (Phi) is 6.84. The van der Waals surface area contributed by atoms with Crippen LogP contribution in [-0.4, -0.2) is 31.4 Å². The molecule has 0 fully saturated rings. The molecule has 2 rings (SSSR count). The van der Waals surface area contributed by atoms with Gasteiger partial charge in [0.1, 0.15) is 0 Å². The molecule has 24 heavy (non-hydrogen) atoms. The van der Waals surface area contributed by atoms with Gasteiger partial charge in [0, 0.05) is 30.7 Å². The third-order valence-electron chi connectivity index (χ3n) is 3.24.